The minimum Gasteiger partial charge on any atom is -0.268 e. The van der Waals surface area contributed by atoms with Crippen molar-refractivity contribution in [1.82, 2.24) is 9.80 Å². The monoisotopic (exact) mass is 226 g/mol. The molecule has 0 aromatic carbocycles. The quantitative estimate of drug-likeness (QED) is 0.599. The zero-order chi connectivity index (χ0) is 11.6. The Morgan fingerprint density at radius 1 is 1.07 bits per heavy atom. The van der Waals surface area contributed by atoms with E-state index < -0.39 is 16.2 Å². The highest BCUT2D eigenvalue weighted by molar-refractivity contribution is 7.81. The van der Waals surface area contributed by atoms with Gasteiger partial charge in [-0.2, -0.15) is 8.42 Å². The fraction of sp³-hybridized carbons (Fsp3) is 1.00. The lowest BCUT2D eigenvalue weighted by molar-refractivity contribution is -0.146. The van der Waals surface area contributed by atoms with Crippen LogP contribution in [0.1, 0.15) is 6.92 Å². The van der Waals surface area contributed by atoms with E-state index in [1.807, 2.05) is 0 Å². The fourth-order valence-corrected chi connectivity index (χ4v) is 1.53. The first kappa shape index (κ1) is 13.8. The van der Waals surface area contributed by atoms with Crippen molar-refractivity contribution < 1.29 is 16.8 Å². The van der Waals surface area contributed by atoms with Gasteiger partial charge in [0.25, 0.3) is 0 Å². The van der Waals surface area contributed by atoms with Gasteiger partial charge in [0.15, 0.2) is 5.85 Å². The standard InChI is InChI=1S/C7H18N2O4S/c1-7(8(2)3,9(4)5)13-14(10,11)12-6/h1-6H3. The molecular formula is C7H18N2O4S. The second-order valence-electron chi connectivity index (χ2n) is 3.38. The van der Waals surface area contributed by atoms with Crippen molar-refractivity contribution in [3.63, 3.8) is 0 Å². The SMILES string of the molecule is COS(=O)(=O)OC(C)(N(C)C)N(C)C. The van der Waals surface area contributed by atoms with Gasteiger partial charge < -0.3 is 0 Å². The zero-order valence-electron chi connectivity index (χ0n) is 9.44. The van der Waals surface area contributed by atoms with Crippen molar-refractivity contribution in [2.24, 2.45) is 0 Å². The third-order valence-electron chi connectivity index (χ3n) is 2.12. The van der Waals surface area contributed by atoms with Crippen LogP contribution in [0, 0.1) is 0 Å². The molecule has 14 heavy (non-hydrogen) atoms. The molecule has 0 saturated heterocycles. The molecule has 0 aromatic rings. The maximum atomic E-state index is 11.1. The van der Waals surface area contributed by atoms with E-state index in [-0.39, 0.29) is 0 Å². The van der Waals surface area contributed by atoms with Crippen molar-refractivity contribution in [1.29, 1.82) is 0 Å². The van der Waals surface area contributed by atoms with E-state index in [1.165, 1.54) is 0 Å². The van der Waals surface area contributed by atoms with E-state index in [1.54, 1.807) is 44.9 Å². The summed E-state index contributed by atoms with van der Waals surface area (Å²) < 4.78 is 31.4. The molecule has 0 aliphatic rings. The lowest BCUT2D eigenvalue weighted by Gasteiger charge is -2.39. The van der Waals surface area contributed by atoms with Crippen molar-refractivity contribution >= 4 is 10.4 Å². The number of hydrogen-bond acceptors (Lipinski definition) is 6. The Hall–Kier alpha value is -0.210. The normalized spacial score (nSPS) is 14.0. The average Bonchev–Trinajstić information content (AvgIpc) is 2.03. The van der Waals surface area contributed by atoms with Gasteiger partial charge in [-0.15, -0.1) is 0 Å². The van der Waals surface area contributed by atoms with Crippen molar-refractivity contribution in [2.75, 3.05) is 35.3 Å². The van der Waals surface area contributed by atoms with Crippen molar-refractivity contribution in [2.45, 2.75) is 12.8 Å². The molecule has 6 nitrogen and oxygen atoms in total. The maximum absolute atomic E-state index is 11.1. The summed E-state index contributed by atoms with van der Waals surface area (Å²) in [5, 5.41) is 0. The van der Waals surface area contributed by atoms with Crippen LogP contribution < -0.4 is 0 Å². The molecule has 0 unspecified atom stereocenters. The minimum atomic E-state index is -3.95. The zero-order valence-corrected chi connectivity index (χ0v) is 10.3. The first-order valence-corrected chi connectivity index (χ1v) is 5.35. The highest BCUT2D eigenvalue weighted by Gasteiger charge is 2.36. The molecule has 86 valence electrons. The summed E-state index contributed by atoms with van der Waals surface area (Å²) in [6.07, 6.45) is 0. The Morgan fingerprint density at radius 2 is 1.43 bits per heavy atom. The summed E-state index contributed by atoms with van der Waals surface area (Å²) in [6.45, 7) is 1.63. The Balaban J connectivity index is 4.89. The smallest absolute Gasteiger partial charge is 0.268 e. The number of rotatable bonds is 5. The summed E-state index contributed by atoms with van der Waals surface area (Å²) in [5.74, 6) is -1.06. The van der Waals surface area contributed by atoms with Crippen molar-refractivity contribution in [3.8, 4) is 0 Å². The molecular weight excluding hydrogens is 208 g/mol. The Labute approximate surface area is 85.7 Å². The van der Waals surface area contributed by atoms with Gasteiger partial charge in [0, 0.05) is 0 Å². The van der Waals surface area contributed by atoms with Crippen LogP contribution in [-0.4, -0.2) is 59.4 Å². The van der Waals surface area contributed by atoms with Gasteiger partial charge in [-0.05, 0) is 35.1 Å². The summed E-state index contributed by atoms with van der Waals surface area (Å²) in [7, 11) is 3.96. The number of hydrogen-bond donors (Lipinski definition) is 0. The van der Waals surface area contributed by atoms with Gasteiger partial charge in [-0.3, -0.25) is 14.0 Å². The van der Waals surface area contributed by atoms with E-state index in [0.717, 1.165) is 7.11 Å². The molecule has 0 fully saturated rings. The fourth-order valence-electron chi connectivity index (χ4n) is 0.776. The van der Waals surface area contributed by atoms with Crippen molar-refractivity contribution in [3.05, 3.63) is 0 Å². The topological polar surface area (TPSA) is 59.1 Å². The lowest BCUT2D eigenvalue weighted by Crippen LogP contribution is -2.55. The highest BCUT2D eigenvalue weighted by atomic mass is 32.3. The Morgan fingerprint density at radius 3 is 1.64 bits per heavy atom. The summed E-state index contributed by atoms with van der Waals surface area (Å²) >= 11 is 0. The highest BCUT2D eigenvalue weighted by Crippen LogP contribution is 2.19. The molecule has 7 heteroatoms. The molecule has 0 aromatic heterocycles. The lowest BCUT2D eigenvalue weighted by atomic mass is 10.4. The molecule has 0 heterocycles. The summed E-state index contributed by atoms with van der Waals surface area (Å²) in [5.41, 5.74) is 0. The van der Waals surface area contributed by atoms with Crippen LogP contribution in [0.15, 0.2) is 0 Å². The molecule has 0 aliphatic heterocycles. The van der Waals surface area contributed by atoms with Gasteiger partial charge >= 0.3 is 10.4 Å². The molecule has 0 atom stereocenters. The second-order valence-corrected chi connectivity index (χ2v) is 4.70. The first-order chi connectivity index (χ1) is 6.15. The van der Waals surface area contributed by atoms with Crippen LogP contribution in [-0.2, 0) is 18.8 Å². The Bertz CT molecular complexity index is 265. The van der Waals surface area contributed by atoms with Gasteiger partial charge in [-0.1, -0.05) is 0 Å². The van der Waals surface area contributed by atoms with E-state index >= 15 is 0 Å². The van der Waals surface area contributed by atoms with E-state index in [4.69, 9.17) is 4.18 Å². The molecule has 0 spiro atoms. The average molecular weight is 226 g/mol. The van der Waals surface area contributed by atoms with E-state index in [2.05, 4.69) is 4.18 Å². The van der Waals surface area contributed by atoms with E-state index in [9.17, 15) is 8.42 Å². The largest absolute Gasteiger partial charge is 0.402 e. The van der Waals surface area contributed by atoms with Gasteiger partial charge in [0.05, 0.1) is 7.11 Å². The summed E-state index contributed by atoms with van der Waals surface area (Å²) in [4.78, 5) is 3.26. The van der Waals surface area contributed by atoms with E-state index in [0.29, 0.717) is 0 Å². The molecule has 0 aliphatic carbocycles. The maximum Gasteiger partial charge on any atom is 0.402 e. The molecule has 0 bridgehead atoms. The van der Waals surface area contributed by atoms with Gasteiger partial charge in [0.1, 0.15) is 0 Å². The molecule has 0 N–H and O–H groups in total. The minimum absolute atomic E-state index is 1.06. The Kier molecular flexibility index (Phi) is 4.47. The van der Waals surface area contributed by atoms with Crippen LogP contribution in [0.2, 0.25) is 0 Å². The predicted molar refractivity (Wildman–Crippen MR) is 52.8 cm³/mol. The first-order valence-electron chi connectivity index (χ1n) is 4.02. The van der Waals surface area contributed by atoms with Gasteiger partial charge in [0.2, 0.25) is 0 Å². The summed E-state index contributed by atoms with van der Waals surface area (Å²) in [6, 6.07) is 0. The third-order valence-corrected chi connectivity index (χ3v) is 3.05. The molecule has 0 saturated carbocycles. The molecule has 0 rings (SSSR count). The van der Waals surface area contributed by atoms with Crippen LogP contribution in [0.3, 0.4) is 0 Å². The van der Waals surface area contributed by atoms with Crippen LogP contribution in [0.25, 0.3) is 0 Å². The predicted octanol–water partition coefficient (Wildman–Crippen LogP) is -0.309. The third kappa shape index (κ3) is 3.18. The van der Waals surface area contributed by atoms with Crippen LogP contribution in [0.5, 0.6) is 0 Å². The van der Waals surface area contributed by atoms with Gasteiger partial charge in [-0.25, -0.2) is 4.18 Å². The molecule has 0 amide bonds. The number of nitrogens with zero attached hydrogens (tertiary/aromatic N) is 2. The van der Waals surface area contributed by atoms with Crippen LogP contribution in [0.4, 0.5) is 0 Å². The molecule has 0 radical (unpaired) electrons. The van der Waals surface area contributed by atoms with Crippen LogP contribution >= 0.6 is 0 Å². The second kappa shape index (κ2) is 4.54.